The Kier molecular flexibility index (Phi) is 6.69. The molecule has 1 aliphatic carbocycles. The zero-order valence-electron chi connectivity index (χ0n) is 18.9. The van der Waals surface area contributed by atoms with Gasteiger partial charge in [0.2, 0.25) is 0 Å². The Balaban J connectivity index is 2.47. The maximum absolute atomic E-state index is 13.4. The molecule has 2 rings (SSSR count). The average Bonchev–Trinajstić information content (AvgIpc) is 2.75. The van der Waals surface area contributed by atoms with Gasteiger partial charge < -0.3 is 4.43 Å². The van der Waals surface area contributed by atoms with E-state index in [2.05, 4.69) is 83.6 Å². The summed E-state index contributed by atoms with van der Waals surface area (Å²) in [5.74, 6) is 0.179. The molecule has 0 fully saturated rings. The van der Waals surface area contributed by atoms with Gasteiger partial charge in [0.05, 0.1) is 0 Å². The minimum atomic E-state index is -1.89. The third kappa shape index (κ3) is 5.14. The maximum Gasteiger partial charge on any atom is 0.192 e. The Hall–Kier alpha value is -0.973. The van der Waals surface area contributed by atoms with Crippen LogP contribution in [0.2, 0.25) is 18.1 Å². The van der Waals surface area contributed by atoms with Gasteiger partial charge in [0.1, 0.15) is 0 Å². The van der Waals surface area contributed by atoms with Crippen molar-refractivity contribution in [2.45, 2.75) is 66.6 Å². The molecule has 0 heterocycles. The van der Waals surface area contributed by atoms with Crippen molar-refractivity contribution in [1.82, 2.24) is 0 Å². The summed E-state index contributed by atoms with van der Waals surface area (Å²) in [6, 6.07) is 8.03. The van der Waals surface area contributed by atoms with Gasteiger partial charge in [-0.25, -0.2) is 0 Å². The molecule has 0 radical (unpaired) electrons. The zero-order chi connectivity index (χ0) is 21.5. The molecule has 0 aliphatic heterocycles. The predicted octanol–water partition coefficient (Wildman–Crippen LogP) is 7.42. The Morgan fingerprint density at radius 1 is 1.07 bits per heavy atom. The Labute approximate surface area is 180 Å². The van der Waals surface area contributed by atoms with E-state index in [-0.39, 0.29) is 22.2 Å². The minimum Gasteiger partial charge on any atom is -0.416 e. The molecule has 154 valence electrons. The largest absolute Gasteiger partial charge is 0.416 e. The summed E-state index contributed by atoms with van der Waals surface area (Å²) in [4.78, 5) is 13.4. The van der Waals surface area contributed by atoms with Crippen molar-refractivity contribution in [3.8, 4) is 0 Å². The quantitative estimate of drug-likeness (QED) is 0.343. The molecule has 0 saturated carbocycles. The van der Waals surface area contributed by atoms with Gasteiger partial charge in [0.25, 0.3) is 0 Å². The monoisotopic (exact) mass is 462 g/mol. The molecule has 0 unspecified atom stereocenters. The lowest BCUT2D eigenvalue weighted by Gasteiger charge is -2.37. The molecule has 28 heavy (non-hydrogen) atoms. The Morgan fingerprint density at radius 2 is 1.61 bits per heavy atom. The van der Waals surface area contributed by atoms with Crippen LogP contribution in [0.5, 0.6) is 0 Å². The van der Waals surface area contributed by atoms with Gasteiger partial charge >= 0.3 is 0 Å². The number of rotatable bonds is 4. The highest BCUT2D eigenvalue weighted by molar-refractivity contribution is 9.10. The fraction of sp³-hybridized carbons (Fsp3) is 0.542. The standard InChI is InChI=1S/C24H35BrO2Si/c1-16-20(15-27-28(8,9)24(5,6)7)19(14-23(2,3)4)22(26)21(16)17-10-12-18(25)13-11-17/h10-14,20H,15H2,1-9H3/b19-14+/t20-/m0/s1. The average molecular weight is 464 g/mol. The van der Waals surface area contributed by atoms with E-state index in [0.29, 0.717) is 6.61 Å². The van der Waals surface area contributed by atoms with Gasteiger partial charge in [-0.05, 0) is 48.2 Å². The number of hydrogen-bond acceptors (Lipinski definition) is 2. The molecule has 1 aliphatic rings. The fourth-order valence-corrected chi connectivity index (χ4v) is 4.50. The fourth-order valence-electron chi connectivity index (χ4n) is 3.22. The first kappa shape index (κ1) is 23.3. The van der Waals surface area contributed by atoms with Crippen molar-refractivity contribution in [3.63, 3.8) is 0 Å². The van der Waals surface area contributed by atoms with Gasteiger partial charge in [-0.15, -0.1) is 0 Å². The Morgan fingerprint density at radius 3 is 2.07 bits per heavy atom. The lowest BCUT2D eigenvalue weighted by molar-refractivity contribution is -0.110. The third-order valence-corrected chi connectivity index (χ3v) is 10.9. The van der Waals surface area contributed by atoms with Gasteiger partial charge in [-0.2, -0.15) is 0 Å². The third-order valence-electron chi connectivity index (χ3n) is 5.92. The van der Waals surface area contributed by atoms with Gasteiger partial charge in [-0.3, -0.25) is 4.79 Å². The molecule has 1 aromatic carbocycles. The van der Waals surface area contributed by atoms with Crippen molar-refractivity contribution < 1.29 is 9.22 Å². The van der Waals surface area contributed by atoms with Crippen LogP contribution in [0.25, 0.3) is 5.57 Å². The van der Waals surface area contributed by atoms with Crippen LogP contribution in [0.1, 0.15) is 54.0 Å². The van der Waals surface area contributed by atoms with Crippen molar-refractivity contribution in [3.05, 3.63) is 51.5 Å². The van der Waals surface area contributed by atoms with Crippen LogP contribution in [0.15, 0.2) is 46.0 Å². The second-order valence-corrected chi connectivity index (χ2v) is 16.2. The number of benzene rings is 1. The van der Waals surface area contributed by atoms with E-state index in [4.69, 9.17) is 4.43 Å². The summed E-state index contributed by atoms with van der Waals surface area (Å²) in [7, 11) is -1.89. The molecule has 0 saturated heterocycles. The van der Waals surface area contributed by atoms with Gasteiger partial charge in [0, 0.05) is 28.1 Å². The molecule has 0 N–H and O–H groups in total. The van der Waals surface area contributed by atoms with Crippen LogP contribution < -0.4 is 0 Å². The van der Waals surface area contributed by atoms with Crippen LogP contribution in [-0.4, -0.2) is 20.7 Å². The number of Topliss-reactive ketones (excluding diaryl/α,β-unsaturated/α-hetero) is 1. The highest BCUT2D eigenvalue weighted by atomic mass is 79.9. The van der Waals surface area contributed by atoms with Crippen molar-refractivity contribution in [1.29, 1.82) is 0 Å². The number of hydrogen-bond donors (Lipinski definition) is 0. The first-order valence-electron chi connectivity index (χ1n) is 10.0. The second-order valence-electron chi connectivity index (χ2n) is 10.5. The number of carbonyl (C=O) groups is 1. The normalized spacial score (nSPS) is 20.4. The summed E-state index contributed by atoms with van der Waals surface area (Å²) in [6.45, 7) is 20.4. The molecule has 0 aromatic heterocycles. The number of ketones is 1. The first-order valence-corrected chi connectivity index (χ1v) is 13.7. The van der Waals surface area contributed by atoms with Crippen LogP contribution in [0, 0.1) is 11.3 Å². The van der Waals surface area contributed by atoms with Gasteiger partial charge in [-0.1, -0.05) is 81.3 Å². The molecule has 0 spiro atoms. The van der Waals surface area contributed by atoms with E-state index < -0.39 is 8.32 Å². The number of allylic oxidation sites excluding steroid dienone is 2. The molecule has 4 heteroatoms. The van der Waals surface area contributed by atoms with Crippen LogP contribution in [-0.2, 0) is 9.22 Å². The summed E-state index contributed by atoms with van der Waals surface area (Å²) < 4.78 is 7.57. The van der Waals surface area contributed by atoms with Crippen molar-refractivity contribution in [2.24, 2.45) is 11.3 Å². The molecule has 1 aromatic rings. The molecule has 0 bridgehead atoms. The molecular weight excluding hydrogens is 428 g/mol. The van der Waals surface area contributed by atoms with Crippen molar-refractivity contribution >= 4 is 35.6 Å². The summed E-state index contributed by atoms with van der Waals surface area (Å²) >= 11 is 3.49. The van der Waals surface area contributed by atoms with E-state index in [0.717, 1.165) is 26.8 Å². The molecule has 0 amide bonds. The predicted molar refractivity (Wildman–Crippen MR) is 126 cm³/mol. The van der Waals surface area contributed by atoms with E-state index in [9.17, 15) is 4.79 Å². The highest BCUT2D eigenvalue weighted by Gasteiger charge is 2.41. The van der Waals surface area contributed by atoms with E-state index in [1.165, 1.54) is 0 Å². The summed E-state index contributed by atoms with van der Waals surface area (Å²) in [5, 5.41) is 0.148. The first-order chi connectivity index (χ1) is 12.6. The SMILES string of the molecule is CC1=C(c2ccc(Br)cc2)C(=O)/C(=C/C(C)(C)C)[C@H]1CO[Si](C)(C)C(C)(C)C. The van der Waals surface area contributed by atoms with Gasteiger partial charge in [0.15, 0.2) is 14.1 Å². The summed E-state index contributed by atoms with van der Waals surface area (Å²) in [5.41, 5.74) is 3.78. The second kappa shape index (κ2) is 8.04. The van der Waals surface area contributed by atoms with Crippen LogP contribution in [0.4, 0.5) is 0 Å². The van der Waals surface area contributed by atoms with Crippen molar-refractivity contribution in [2.75, 3.05) is 6.61 Å². The topological polar surface area (TPSA) is 26.3 Å². The van der Waals surface area contributed by atoms with E-state index >= 15 is 0 Å². The number of halogens is 1. The van der Waals surface area contributed by atoms with E-state index in [1.807, 2.05) is 24.3 Å². The highest BCUT2D eigenvalue weighted by Crippen LogP contribution is 2.43. The Bertz CT molecular complexity index is 802. The van der Waals surface area contributed by atoms with E-state index in [1.54, 1.807) is 0 Å². The summed E-state index contributed by atoms with van der Waals surface area (Å²) in [6.07, 6.45) is 2.14. The minimum absolute atomic E-state index is 0.0273. The smallest absolute Gasteiger partial charge is 0.192 e. The lowest BCUT2D eigenvalue weighted by Crippen LogP contribution is -2.42. The molecule has 2 nitrogen and oxygen atoms in total. The molecular formula is C24H35BrO2Si. The lowest BCUT2D eigenvalue weighted by atomic mass is 9.88. The number of carbonyl (C=O) groups excluding carboxylic acids is 1. The zero-order valence-corrected chi connectivity index (χ0v) is 21.5. The maximum atomic E-state index is 13.4. The van der Waals surface area contributed by atoms with Crippen LogP contribution >= 0.6 is 15.9 Å². The van der Waals surface area contributed by atoms with Crippen LogP contribution in [0.3, 0.4) is 0 Å². The molecule has 1 atom stereocenters.